The minimum absolute atomic E-state index is 0.0561. The Morgan fingerprint density at radius 3 is 2.76 bits per heavy atom. The monoisotopic (exact) mass is 461 g/mol. The maximum Gasteiger partial charge on any atom is 0.407 e. The van der Waals surface area contributed by atoms with Gasteiger partial charge in [0, 0.05) is 25.7 Å². The number of aliphatic carboxylic acids is 1. The average molecular weight is 462 g/mol. The van der Waals surface area contributed by atoms with Crippen LogP contribution in [0.5, 0.6) is 0 Å². The summed E-state index contributed by atoms with van der Waals surface area (Å²) in [6, 6.07) is -0.566. The fraction of sp³-hybridized carbons (Fsp3) is 0.600. The van der Waals surface area contributed by atoms with Crippen LogP contribution in [-0.4, -0.2) is 74.4 Å². The molecule has 3 heterocycles. The number of aryl methyl sites for hydroxylation is 1. The molecule has 1 saturated heterocycles. The van der Waals surface area contributed by atoms with Gasteiger partial charge in [-0.3, -0.25) is 4.99 Å². The van der Waals surface area contributed by atoms with Gasteiger partial charge in [-0.1, -0.05) is 0 Å². The molecular weight excluding hydrogens is 430 g/mol. The first-order chi connectivity index (χ1) is 15.9. The Morgan fingerprint density at radius 1 is 1.27 bits per heavy atom. The number of nitrogens with two attached hydrogens (primary N) is 2. The molecule has 0 bridgehead atoms. The highest BCUT2D eigenvalue weighted by atomic mass is 16.5. The van der Waals surface area contributed by atoms with Crippen molar-refractivity contribution in [3.63, 3.8) is 0 Å². The second kappa shape index (κ2) is 11.3. The van der Waals surface area contributed by atoms with E-state index < -0.39 is 18.1 Å². The quantitative estimate of drug-likeness (QED) is 0.141. The molecule has 0 aromatic carbocycles. The molecule has 0 saturated carbocycles. The molecule has 1 aliphatic heterocycles. The summed E-state index contributed by atoms with van der Waals surface area (Å²) in [5.74, 6) is -0.315. The largest absolute Gasteiger partial charge is 0.480 e. The Balaban J connectivity index is 1.34. The van der Waals surface area contributed by atoms with E-state index in [-0.39, 0.29) is 19.0 Å². The molecule has 33 heavy (non-hydrogen) atoms. The van der Waals surface area contributed by atoms with Gasteiger partial charge in [-0.25, -0.2) is 24.5 Å². The number of fused-ring (bicyclic) bond motifs is 1. The second-order valence-corrected chi connectivity index (χ2v) is 7.99. The number of nitrogens with one attached hydrogen (secondary N) is 1. The molecule has 1 aliphatic rings. The molecule has 13 heteroatoms. The van der Waals surface area contributed by atoms with Gasteiger partial charge in [-0.2, -0.15) is 0 Å². The highest BCUT2D eigenvalue weighted by molar-refractivity contribution is 5.84. The molecule has 1 unspecified atom stereocenters. The Hall–Kier alpha value is -3.64. The number of carbonyl (C=O) groups is 2. The third-order valence-corrected chi connectivity index (χ3v) is 5.33. The minimum Gasteiger partial charge on any atom is -0.480 e. The number of hydrogen-bond donors (Lipinski definition) is 4. The van der Waals surface area contributed by atoms with Crippen LogP contribution >= 0.6 is 0 Å². The third-order valence-electron chi connectivity index (χ3n) is 5.33. The van der Waals surface area contributed by atoms with Crippen LogP contribution in [0.1, 0.15) is 39.0 Å². The highest BCUT2D eigenvalue weighted by Gasteiger charge is 2.32. The van der Waals surface area contributed by atoms with Gasteiger partial charge in [-0.05, 0) is 39.0 Å². The number of aromatic nitrogens is 4. The highest BCUT2D eigenvalue weighted by Crippen LogP contribution is 2.30. The van der Waals surface area contributed by atoms with E-state index in [1.165, 1.54) is 0 Å². The van der Waals surface area contributed by atoms with Gasteiger partial charge in [0.25, 0.3) is 0 Å². The Labute approximate surface area is 191 Å². The van der Waals surface area contributed by atoms with Crippen molar-refractivity contribution in [1.29, 1.82) is 0 Å². The van der Waals surface area contributed by atoms with Crippen molar-refractivity contribution in [3.05, 3.63) is 12.7 Å². The smallest absolute Gasteiger partial charge is 0.407 e. The number of carbonyl (C=O) groups excluding carboxylic acids is 1. The number of anilines is 1. The van der Waals surface area contributed by atoms with E-state index in [1.807, 2.05) is 4.57 Å². The number of ether oxygens (including phenoxy) is 1. The number of carboxylic acids is 1. The Bertz CT molecular complexity index is 989. The van der Waals surface area contributed by atoms with Crippen molar-refractivity contribution in [2.24, 2.45) is 16.5 Å². The summed E-state index contributed by atoms with van der Waals surface area (Å²) in [5.41, 5.74) is 12.1. The van der Waals surface area contributed by atoms with Gasteiger partial charge in [0.1, 0.15) is 12.4 Å². The zero-order valence-corrected chi connectivity index (χ0v) is 18.7. The molecule has 0 spiro atoms. The van der Waals surface area contributed by atoms with Crippen molar-refractivity contribution in [2.45, 2.75) is 57.7 Å². The van der Waals surface area contributed by atoms with Crippen molar-refractivity contribution in [3.8, 4) is 0 Å². The van der Waals surface area contributed by atoms with Crippen LogP contribution in [0.4, 0.5) is 10.6 Å². The number of alkyl carbamates (subject to hydrolysis) is 1. The lowest BCUT2D eigenvalue weighted by Gasteiger charge is -2.14. The van der Waals surface area contributed by atoms with E-state index in [0.29, 0.717) is 25.4 Å². The summed E-state index contributed by atoms with van der Waals surface area (Å²) in [7, 11) is 0. The molecule has 0 aliphatic carbocycles. The maximum atomic E-state index is 11.9. The Morgan fingerprint density at radius 2 is 2.06 bits per heavy atom. The van der Waals surface area contributed by atoms with E-state index in [4.69, 9.17) is 16.2 Å². The van der Waals surface area contributed by atoms with Crippen LogP contribution in [0.2, 0.25) is 0 Å². The van der Waals surface area contributed by atoms with E-state index >= 15 is 0 Å². The first-order valence-corrected chi connectivity index (χ1v) is 11.0. The van der Waals surface area contributed by atoms with Crippen LogP contribution in [0.15, 0.2) is 17.6 Å². The second-order valence-electron chi connectivity index (χ2n) is 7.99. The third kappa shape index (κ3) is 6.92. The van der Waals surface area contributed by atoms with E-state index in [9.17, 15) is 14.7 Å². The summed E-state index contributed by atoms with van der Waals surface area (Å²) >= 11 is 0. The van der Waals surface area contributed by atoms with Crippen LogP contribution in [-0.2, 0) is 16.1 Å². The first-order valence-electron chi connectivity index (χ1n) is 11.0. The fourth-order valence-corrected chi connectivity index (χ4v) is 3.45. The van der Waals surface area contributed by atoms with E-state index in [0.717, 1.165) is 42.9 Å². The number of hydrogen-bond acceptors (Lipinski definition) is 8. The van der Waals surface area contributed by atoms with Crippen LogP contribution in [0.3, 0.4) is 0 Å². The topological polar surface area (TPSA) is 187 Å². The number of imidazole rings is 1. The minimum atomic E-state index is -1.14. The lowest BCUT2D eigenvalue weighted by Crippen LogP contribution is -2.41. The van der Waals surface area contributed by atoms with E-state index in [2.05, 4.69) is 37.1 Å². The summed E-state index contributed by atoms with van der Waals surface area (Å²) in [6.45, 7) is 4.36. The first kappa shape index (κ1) is 24.0. The van der Waals surface area contributed by atoms with Crippen molar-refractivity contribution >= 4 is 35.0 Å². The molecule has 1 fully saturated rings. The van der Waals surface area contributed by atoms with Crippen molar-refractivity contribution in [2.75, 3.05) is 24.6 Å². The zero-order chi connectivity index (χ0) is 23.8. The summed E-state index contributed by atoms with van der Waals surface area (Å²) in [6.07, 6.45) is 5.56. The Kier molecular flexibility index (Phi) is 8.22. The predicted molar refractivity (Wildman–Crippen MR) is 122 cm³/mol. The van der Waals surface area contributed by atoms with E-state index in [1.54, 1.807) is 12.7 Å². The molecular formula is C20H31N9O4. The predicted octanol–water partition coefficient (Wildman–Crippen LogP) is 0.438. The normalized spacial score (nSPS) is 15.8. The molecule has 2 atom stereocenters. The molecule has 1 amide bonds. The zero-order valence-electron chi connectivity index (χ0n) is 18.7. The standard InChI is InChI=1S/C20H31N9O4/c1-13-10-29(13)17-15-16(24-11-25-17)28(12-26-15)8-3-2-4-9-33-20(32)27-14(18(30)31)6-5-7-23-19(21)22/h11-14H,2-10H2,1H3,(H,27,32)(H,30,31)(H4,21,22,23)/t13?,14-,29?/m1/s1. The van der Waals surface area contributed by atoms with Gasteiger partial charge in [0.15, 0.2) is 22.9 Å². The summed E-state index contributed by atoms with van der Waals surface area (Å²) in [4.78, 5) is 42.4. The molecule has 6 N–H and O–H groups in total. The number of amides is 1. The van der Waals surface area contributed by atoms with Gasteiger partial charge in [0.05, 0.1) is 12.9 Å². The van der Waals surface area contributed by atoms with Gasteiger partial charge in [-0.15, -0.1) is 0 Å². The van der Waals surface area contributed by atoms with Crippen LogP contribution in [0.25, 0.3) is 11.2 Å². The molecule has 180 valence electrons. The lowest BCUT2D eigenvalue weighted by molar-refractivity contribution is -0.139. The molecule has 0 radical (unpaired) electrons. The van der Waals surface area contributed by atoms with Gasteiger partial charge in [0.2, 0.25) is 0 Å². The average Bonchev–Trinajstić information content (AvgIpc) is 3.35. The lowest BCUT2D eigenvalue weighted by atomic mass is 10.1. The van der Waals surface area contributed by atoms with Crippen molar-refractivity contribution in [1.82, 2.24) is 24.8 Å². The fourth-order valence-electron chi connectivity index (χ4n) is 3.45. The molecule has 13 nitrogen and oxygen atoms in total. The van der Waals surface area contributed by atoms with Crippen LogP contribution < -0.4 is 21.7 Å². The molecule has 2 aromatic rings. The number of carboxylic acid groups (broad SMARTS) is 1. The molecule has 2 aromatic heterocycles. The molecule has 3 rings (SSSR count). The number of unbranched alkanes of at least 4 members (excludes halogenated alkanes) is 2. The number of rotatable bonds is 13. The number of nitrogens with zero attached hydrogens (tertiary/aromatic N) is 6. The number of guanidine groups is 1. The summed E-state index contributed by atoms with van der Waals surface area (Å²) in [5, 5.41) is 11.6. The SMILES string of the molecule is CC1CN1c1ncnc2c1ncn2CCCCCOC(=O)N[C@H](CCCN=C(N)N)C(=O)O. The maximum absolute atomic E-state index is 11.9. The van der Waals surface area contributed by atoms with Crippen LogP contribution in [0, 0.1) is 0 Å². The van der Waals surface area contributed by atoms with Gasteiger partial charge < -0.3 is 36.1 Å². The summed E-state index contributed by atoms with van der Waals surface area (Å²) < 4.78 is 7.11. The number of aliphatic imine (C=N–C) groups is 1. The van der Waals surface area contributed by atoms with Crippen molar-refractivity contribution < 1.29 is 19.4 Å². The van der Waals surface area contributed by atoms with Gasteiger partial charge >= 0.3 is 12.1 Å².